The van der Waals surface area contributed by atoms with Crippen molar-refractivity contribution >= 4 is 5.96 Å². The average Bonchev–Trinajstić information content (AvgIpc) is 3.21. The minimum absolute atomic E-state index is 0.336. The molecule has 0 radical (unpaired) electrons. The molecule has 0 aromatic heterocycles. The summed E-state index contributed by atoms with van der Waals surface area (Å²) >= 11 is 0. The summed E-state index contributed by atoms with van der Waals surface area (Å²) in [6.45, 7) is 5.70. The number of nitrogens with zero attached hydrogens (tertiary/aromatic N) is 2. The van der Waals surface area contributed by atoms with Crippen LogP contribution in [0.25, 0.3) is 0 Å². The van der Waals surface area contributed by atoms with E-state index in [0.717, 1.165) is 31.5 Å². The van der Waals surface area contributed by atoms with Crippen LogP contribution in [0.2, 0.25) is 0 Å². The van der Waals surface area contributed by atoms with Crippen molar-refractivity contribution < 1.29 is 9.84 Å². The first-order valence-electron chi connectivity index (χ1n) is 7.46. The minimum atomic E-state index is -0.541. The highest BCUT2D eigenvalue weighted by Gasteiger charge is 2.21. The molecule has 2 rings (SSSR count). The Hall–Kier alpha value is -0.810. The van der Waals surface area contributed by atoms with Crippen LogP contribution in [0, 0.1) is 11.8 Å². The predicted octanol–water partition coefficient (Wildman–Crippen LogP) is 0.821. The summed E-state index contributed by atoms with van der Waals surface area (Å²) in [7, 11) is 0. The summed E-state index contributed by atoms with van der Waals surface area (Å²) in [4.78, 5) is 6.39. The molecule has 1 atom stereocenters. The van der Waals surface area contributed by atoms with Crippen LogP contribution in [-0.4, -0.2) is 54.9 Å². The third-order valence-corrected chi connectivity index (χ3v) is 3.93. The second-order valence-corrected chi connectivity index (χ2v) is 6.00. The summed E-state index contributed by atoms with van der Waals surface area (Å²) in [5.41, 5.74) is 5.95. The van der Waals surface area contributed by atoms with E-state index in [2.05, 4.69) is 16.8 Å². The van der Waals surface area contributed by atoms with Gasteiger partial charge >= 0.3 is 0 Å². The smallest absolute Gasteiger partial charge is 0.191 e. The Morgan fingerprint density at radius 2 is 2.05 bits per heavy atom. The van der Waals surface area contributed by atoms with Gasteiger partial charge in [-0.15, -0.1) is 0 Å². The fourth-order valence-electron chi connectivity index (χ4n) is 2.24. The van der Waals surface area contributed by atoms with Crippen LogP contribution in [0.3, 0.4) is 0 Å². The first kappa shape index (κ1) is 14.6. The average molecular weight is 269 g/mol. The second-order valence-electron chi connectivity index (χ2n) is 6.00. The summed E-state index contributed by atoms with van der Waals surface area (Å²) in [5, 5.41) is 9.77. The van der Waals surface area contributed by atoms with Crippen LogP contribution in [0.1, 0.15) is 32.6 Å². The number of guanidine groups is 1. The molecule has 19 heavy (non-hydrogen) atoms. The van der Waals surface area contributed by atoms with Crippen molar-refractivity contribution in [1.82, 2.24) is 4.90 Å². The molecule has 1 saturated heterocycles. The van der Waals surface area contributed by atoms with Crippen molar-refractivity contribution in [2.45, 2.75) is 38.7 Å². The van der Waals surface area contributed by atoms with E-state index in [-0.39, 0.29) is 0 Å². The molecule has 0 spiro atoms. The van der Waals surface area contributed by atoms with Crippen LogP contribution < -0.4 is 5.73 Å². The zero-order valence-corrected chi connectivity index (χ0v) is 11.9. The molecule has 2 aliphatic rings. The molecular weight excluding hydrogens is 242 g/mol. The molecule has 1 heterocycles. The van der Waals surface area contributed by atoms with E-state index in [0.29, 0.717) is 19.1 Å². The van der Waals surface area contributed by atoms with E-state index in [9.17, 15) is 5.11 Å². The van der Waals surface area contributed by atoms with Crippen LogP contribution in [0.4, 0.5) is 0 Å². The summed E-state index contributed by atoms with van der Waals surface area (Å²) < 4.78 is 5.44. The maximum absolute atomic E-state index is 9.77. The molecule has 0 amide bonds. The minimum Gasteiger partial charge on any atom is -0.389 e. The number of nitrogens with two attached hydrogens (primary N) is 1. The second kappa shape index (κ2) is 7.10. The summed E-state index contributed by atoms with van der Waals surface area (Å²) in [6.07, 6.45) is 4.34. The number of aliphatic imine (C=N–C) groups is 1. The molecular formula is C14H27N3O2. The van der Waals surface area contributed by atoms with E-state index < -0.39 is 6.10 Å². The quantitative estimate of drug-likeness (QED) is 0.553. The molecule has 0 aromatic carbocycles. The largest absolute Gasteiger partial charge is 0.389 e. The zero-order valence-electron chi connectivity index (χ0n) is 11.9. The number of likely N-dealkylation sites (tertiary alicyclic amines) is 1. The van der Waals surface area contributed by atoms with Gasteiger partial charge in [0.15, 0.2) is 5.96 Å². The van der Waals surface area contributed by atoms with Gasteiger partial charge in [-0.2, -0.15) is 0 Å². The van der Waals surface area contributed by atoms with Gasteiger partial charge < -0.3 is 20.5 Å². The molecule has 2 fully saturated rings. The lowest BCUT2D eigenvalue weighted by Gasteiger charge is -2.31. The molecule has 0 aromatic rings. The molecule has 5 heteroatoms. The van der Waals surface area contributed by atoms with E-state index in [4.69, 9.17) is 10.5 Å². The summed E-state index contributed by atoms with van der Waals surface area (Å²) in [6, 6.07) is 0. The van der Waals surface area contributed by atoms with E-state index in [1.54, 1.807) is 0 Å². The Morgan fingerprint density at radius 3 is 2.68 bits per heavy atom. The normalized spacial score (nSPS) is 23.7. The fraction of sp³-hybridized carbons (Fsp3) is 0.929. The van der Waals surface area contributed by atoms with Gasteiger partial charge in [-0.25, -0.2) is 0 Å². The predicted molar refractivity (Wildman–Crippen MR) is 76.0 cm³/mol. The van der Waals surface area contributed by atoms with Crippen LogP contribution in [0.15, 0.2) is 4.99 Å². The first-order chi connectivity index (χ1) is 9.15. The molecule has 0 bridgehead atoms. The van der Waals surface area contributed by atoms with Crippen molar-refractivity contribution in [3.63, 3.8) is 0 Å². The van der Waals surface area contributed by atoms with Gasteiger partial charge in [-0.1, -0.05) is 6.92 Å². The number of hydrogen-bond acceptors (Lipinski definition) is 3. The van der Waals surface area contributed by atoms with E-state index >= 15 is 0 Å². The molecule has 1 saturated carbocycles. The topological polar surface area (TPSA) is 71.1 Å². The lowest BCUT2D eigenvalue weighted by molar-refractivity contribution is 0.0367. The van der Waals surface area contributed by atoms with Crippen molar-refractivity contribution in [2.75, 3.05) is 32.8 Å². The van der Waals surface area contributed by atoms with Crippen LogP contribution >= 0.6 is 0 Å². The Kier molecular flexibility index (Phi) is 5.45. The Bertz CT molecular complexity index is 297. The third kappa shape index (κ3) is 5.37. The highest BCUT2D eigenvalue weighted by Crippen LogP contribution is 2.28. The van der Waals surface area contributed by atoms with Crippen LogP contribution in [-0.2, 0) is 4.74 Å². The molecule has 3 N–H and O–H groups in total. The third-order valence-electron chi connectivity index (χ3n) is 3.93. The number of piperidine rings is 1. The Labute approximate surface area is 115 Å². The number of aliphatic hydroxyl groups excluding tert-OH is 1. The van der Waals surface area contributed by atoms with Gasteiger partial charge in [0.05, 0.1) is 19.3 Å². The Balaban J connectivity index is 1.62. The molecule has 110 valence electrons. The lowest BCUT2D eigenvalue weighted by Crippen LogP contribution is -2.43. The van der Waals surface area contributed by atoms with Crippen molar-refractivity contribution in [3.8, 4) is 0 Å². The van der Waals surface area contributed by atoms with Gasteiger partial charge in [0.1, 0.15) is 0 Å². The maximum Gasteiger partial charge on any atom is 0.191 e. The molecule has 5 nitrogen and oxygen atoms in total. The first-order valence-corrected chi connectivity index (χ1v) is 7.46. The maximum atomic E-state index is 9.77. The number of ether oxygens (including phenoxy) is 1. The van der Waals surface area contributed by atoms with E-state index in [1.165, 1.54) is 25.7 Å². The van der Waals surface area contributed by atoms with Crippen molar-refractivity contribution in [2.24, 2.45) is 22.6 Å². The molecule has 1 unspecified atom stereocenters. The fourth-order valence-corrected chi connectivity index (χ4v) is 2.24. The molecule has 1 aliphatic carbocycles. The van der Waals surface area contributed by atoms with Crippen molar-refractivity contribution in [1.29, 1.82) is 0 Å². The van der Waals surface area contributed by atoms with Gasteiger partial charge in [0, 0.05) is 19.7 Å². The van der Waals surface area contributed by atoms with Gasteiger partial charge in [0.2, 0.25) is 0 Å². The SMILES string of the molecule is CC1CCN(C(N)=NCC(O)COCC2CC2)CC1. The monoisotopic (exact) mass is 269 g/mol. The van der Waals surface area contributed by atoms with Crippen molar-refractivity contribution in [3.05, 3.63) is 0 Å². The van der Waals surface area contributed by atoms with Gasteiger partial charge in [-0.3, -0.25) is 4.99 Å². The number of rotatable bonds is 6. The Morgan fingerprint density at radius 1 is 1.37 bits per heavy atom. The highest BCUT2D eigenvalue weighted by molar-refractivity contribution is 5.78. The van der Waals surface area contributed by atoms with Gasteiger partial charge in [-0.05, 0) is 37.5 Å². The van der Waals surface area contributed by atoms with E-state index in [1.807, 2.05) is 0 Å². The zero-order chi connectivity index (χ0) is 13.7. The lowest BCUT2D eigenvalue weighted by atomic mass is 10.00. The number of aliphatic hydroxyl groups is 1. The standard InChI is InChI=1S/C14H27N3O2/c1-11-4-6-17(7-5-11)14(15)16-8-13(18)10-19-9-12-2-3-12/h11-13,18H,2-10H2,1H3,(H2,15,16). The van der Waals surface area contributed by atoms with Crippen LogP contribution in [0.5, 0.6) is 0 Å². The summed E-state index contributed by atoms with van der Waals surface area (Å²) in [5.74, 6) is 2.08. The van der Waals surface area contributed by atoms with Gasteiger partial charge in [0.25, 0.3) is 0 Å². The molecule has 1 aliphatic heterocycles. The highest BCUT2D eigenvalue weighted by atomic mass is 16.5. The number of hydrogen-bond donors (Lipinski definition) is 2.